The fraction of sp³-hybridized carbons (Fsp3) is 0.286. The summed E-state index contributed by atoms with van der Waals surface area (Å²) >= 11 is 0. The molecule has 0 unspecified atom stereocenters. The summed E-state index contributed by atoms with van der Waals surface area (Å²) < 4.78 is 18.5. The Hall–Kier alpha value is -2.17. The predicted molar refractivity (Wildman–Crippen MR) is 71.6 cm³/mol. The molecule has 5 heteroatoms. The zero-order valence-electron chi connectivity index (χ0n) is 10.9. The highest BCUT2D eigenvalue weighted by molar-refractivity contribution is 5.32. The monoisotopic (exact) mass is 261 g/mol. The molecule has 0 spiro atoms. The number of nitrogens with two attached hydrogens (primary N) is 1. The van der Waals surface area contributed by atoms with Crippen molar-refractivity contribution in [3.05, 3.63) is 41.8 Å². The summed E-state index contributed by atoms with van der Waals surface area (Å²) in [6, 6.07) is 8.74. The Morgan fingerprint density at radius 3 is 2.53 bits per heavy atom. The number of halogens is 1. The van der Waals surface area contributed by atoms with Crippen LogP contribution in [0.3, 0.4) is 0 Å². The summed E-state index contributed by atoms with van der Waals surface area (Å²) in [6.07, 6.45) is 1.08. The van der Waals surface area contributed by atoms with Gasteiger partial charge in [0.25, 0.3) is 0 Å². The van der Waals surface area contributed by atoms with Crippen molar-refractivity contribution in [3.8, 4) is 11.6 Å². The summed E-state index contributed by atoms with van der Waals surface area (Å²) in [4.78, 5) is 7.15. The molecule has 0 aliphatic rings. The third kappa shape index (κ3) is 3.40. The van der Waals surface area contributed by atoms with Crippen LogP contribution >= 0.6 is 0 Å². The molecule has 1 heterocycles. The van der Waals surface area contributed by atoms with Gasteiger partial charge in [-0.2, -0.15) is 14.4 Å². The number of ether oxygens (including phenoxy) is 1. The Labute approximate surface area is 111 Å². The lowest BCUT2D eigenvalue weighted by molar-refractivity contribution is 0.452. The normalized spacial score (nSPS) is 12.2. The van der Waals surface area contributed by atoms with Crippen molar-refractivity contribution in [3.63, 3.8) is 0 Å². The third-order valence-electron chi connectivity index (χ3n) is 2.97. The number of hydrogen-bond acceptors (Lipinski definition) is 4. The van der Waals surface area contributed by atoms with E-state index >= 15 is 0 Å². The third-order valence-corrected chi connectivity index (χ3v) is 2.97. The van der Waals surface area contributed by atoms with Crippen LogP contribution in [-0.4, -0.2) is 9.97 Å². The molecular weight excluding hydrogens is 245 g/mol. The molecule has 0 amide bonds. The van der Waals surface area contributed by atoms with Crippen LogP contribution in [-0.2, 0) is 0 Å². The average molecular weight is 261 g/mol. The molecule has 2 rings (SSSR count). The molecule has 0 bridgehead atoms. The van der Waals surface area contributed by atoms with E-state index < -0.39 is 5.95 Å². The molecule has 0 fully saturated rings. The Morgan fingerprint density at radius 1 is 1.26 bits per heavy atom. The van der Waals surface area contributed by atoms with Gasteiger partial charge in [-0.15, -0.1) is 0 Å². The topological polar surface area (TPSA) is 61.0 Å². The van der Waals surface area contributed by atoms with Crippen LogP contribution in [0.15, 0.2) is 30.3 Å². The van der Waals surface area contributed by atoms with Gasteiger partial charge in [0.15, 0.2) is 0 Å². The zero-order valence-corrected chi connectivity index (χ0v) is 10.9. The van der Waals surface area contributed by atoms with Crippen molar-refractivity contribution in [2.45, 2.75) is 26.2 Å². The minimum Gasteiger partial charge on any atom is -0.439 e. The van der Waals surface area contributed by atoms with Gasteiger partial charge in [0, 0.05) is 0 Å². The summed E-state index contributed by atoms with van der Waals surface area (Å²) in [6.45, 7) is 4.30. The molecule has 0 aliphatic heterocycles. The lowest BCUT2D eigenvalue weighted by Gasteiger charge is -2.10. The zero-order chi connectivity index (χ0) is 13.8. The number of aromatic nitrogens is 2. The first-order valence-electron chi connectivity index (χ1n) is 6.16. The van der Waals surface area contributed by atoms with E-state index in [1.165, 1.54) is 5.56 Å². The van der Waals surface area contributed by atoms with Crippen LogP contribution in [0.5, 0.6) is 11.6 Å². The van der Waals surface area contributed by atoms with E-state index in [-0.39, 0.29) is 11.8 Å². The number of benzene rings is 1. The van der Waals surface area contributed by atoms with E-state index in [2.05, 4.69) is 23.8 Å². The maximum absolute atomic E-state index is 13.0. The lowest BCUT2D eigenvalue weighted by Crippen LogP contribution is -1.99. The van der Waals surface area contributed by atoms with Crippen LogP contribution in [0, 0.1) is 5.95 Å². The Morgan fingerprint density at radius 2 is 1.95 bits per heavy atom. The van der Waals surface area contributed by atoms with Gasteiger partial charge in [0.1, 0.15) is 5.75 Å². The highest BCUT2D eigenvalue weighted by Crippen LogP contribution is 2.24. The Balaban J connectivity index is 2.15. The molecule has 2 N–H and O–H groups in total. The standard InChI is InChI=1S/C14H16FN3O/c1-3-9(2)10-4-6-11(7-5-10)19-13-8-12(15)17-14(16)18-13/h4-9H,3H2,1-2H3,(H2,16,17,18)/t9-/m1/s1. The highest BCUT2D eigenvalue weighted by atomic mass is 19.1. The van der Waals surface area contributed by atoms with Gasteiger partial charge in [-0.25, -0.2) is 0 Å². The van der Waals surface area contributed by atoms with E-state index in [1.807, 2.05) is 24.3 Å². The molecule has 100 valence electrons. The van der Waals surface area contributed by atoms with Gasteiger partial charge in [-0.3, -0.25) is 0 Å². The van der Waals surface area contributed by atoms with Gasteiger partial charge >= 0.3 is 0 Å². The molecule has 1 aromatic heterocycles. The van der Waals surface area contributed by atoms with Crippen LogP contribution in [0.4, 0.5) is 10.3 Å². The average Bonchev–Trinajstić information content (AvgIpc) is 2.37. The molecule has 4 nitrogen and oxygen atoms in total. The molecule has 1 aromatic carbocycles. The fourth-order valence-electron chi connectivity index (χ4n) is 1.69. The summed E-state index contributed by atoms with van der Waals surface area (Å²) in [5.74, 6) is 0.331. The van der Waals surface area contributed by atoms with E-state index in [0.29, 0.717) is 11.7 Å². The second-order valence-electron chi connectivity index (χ2n) is 4.37. The number of rotatable bonds is 4. The van der Waals surface area contributed by atoms with Crippen molar-refractivity contribution >= 4 is 5.95 Å². The number of hydrogen-bond donors (Lipinski definition) is 1. The lowest BCUT2D eigenvalue weighted by atomic mass is 9.99. The van der Waals surface area contributed by atoms with Crippen molar-refractivity contribution < 1.29 is 9.13 Å². The first kappa shape index (κ1) is 13.3. The maximum atomic E-state index is 13.0. The number of nitrogens with zero attached hydrogens (tertiary/aromatic N) is 2. The fourth-order valence-corrected chi connectivity index (χ4v) is 1.69. The second-order valence-corrected chi connectivity index (χ2v) is 4.37. The van der Waals surface area contributed by atoms with Crippen LogP contribution < -0.4 is 10.5 Å². The van der Waals surface area contributed by atoms with Crippen LogP contribution in [0.1, 0.15) is 31.7 Å². The predicted octanol–water partition coefficient (Wildman–Crippen LogP) is 3.50. The van der Waals surface area contributed by atoms with E-state index in [1.54, 1.807) is 0 Å². The largest absolute Gasteiger partial charge is 0.439 e. The van der Waals surface area contributed by atoms with Crippen LogP contribution in [0.2, 0.25) is 0 Å². The van der Waals surface area contributed by atoms with E-state index in [0.717, 1.165) is 12.5 Å². The maximum Gasteiger partial charge on any atom is 0.227 e. The molecule has 1 atom stereocenters. The first-order chi connectivity index (χ1) is 9.08. The van der Waals surface area contributed by atoms with Gasteiger partial charge in [-0.1, -0.05) is 26.0 Å². The van der Waals surface area contributed by atoms with Gasteiger partial charge < -0.3 is 10.5 Å². The summed E-state index contributed by atoms with van der Waals surface area (Å²) in [5, 5.41) is 0. The molecular formula is C14H16FN3O. The molecule has 0 aliphatic carbocycles. The van der Waals surface area contributed by atoms with Crippen molar-refractivity contribution in [1.82, 2.24) is 9.97 Å². The van der Waals surface area contributed by atoms with Gasteiger partial charge in [0.05, 0.1) is 6.07 Å². The first-order valence-corrected chi connectivity index (χ1v) is 6.16. The van der Waals surface area contributed by atoms with Gasteiger partial charge in [-0.05, 0) is 30.0 Å². The van der Waals surface area contributed by atoms with Crippen LogP contribution in [0.25, 0.3) is 0 Å². The van der Waals surface area contributed by atoms with Crippen molar-refractivity contribution in [2.24, 2.45) is 0 Å². The second kappa shape index (κ2) is 5.65. The molecule has 2 aromatic rings. The SMILES string of the molecule is CC[C@@H](C)c1ccc(Oc2cc(F)nc(N)n2)cc1. The molecule has 19 heavy (non-hydrogen) atoms. The van der Waals surface area contributed by atoms with Crippen molar-refractivity contribution in [2.75, 3.05) is 5.73 Å². The van der Waals surface area contributed by atoms with E-state index in [4.69, 9.17) is 10.5 Å². The van der Waals surface area contributed by atoms with Gasteiger partial charge in [0.2, 0.25) is 17.8 Å². The number of anilines is 1. The Bertz CT molecular complexity index is 537. The highest BCUT2D eigenvalue weighted by Gasteiger charge is 2.06. The summed E-state index contributed by atoms with van der Waals surface area (Å²) in [7, 11) is 0. The minimum absolute atomic E-state index is 0.0984. The quantitative estimate of drug-likeness (QED) is 0.855. The Kier molecular flexibility index (Phi) is 3.94. The molecule has 0 saturated heterocycles. The smallest absolute Gasteiger partial charge is 0.227 e. The minimum atomic E-state index is -0.710. The van der Waals surface area contributed by atoms with Crippen molar-refractivity contribution in [1.29, 1.82) is 0 Å². The molecule has 0 saturated carbocycles. The summed E-state index contributed by atoms with van der Waals surface area (Å²) in [5.41, 5.74) is 6.59. The molecule has 0 radical (unpaired) electrons. The number of nitrogen functional groups attached to an aromatic ring is 1. The van der Waals surface area contributed by atoms with E-state index in [9.17, 15) is 4.39 Å².